The van der Waals surface area contributed by atoms with Crippen LogP contribution in [0.25, 0.3) is 16.2 Å². The van der Waals surface area contributed by atoms with Crippen LogP contribution in [0.2, 0.25) is 0 Å². The predicted octanol–water partition coefficient (Wildman–Crippen LogP) is 5.03. The van der Waals surface area contributed by atoms with E-state index < -0.39 is 5.60 Å². The Labute approximate surface area is 199 Å². The Hall–Kier alpha value is -2.81. The number of anilines is 2. The molecule has 2 aromatic heterocycles. The number of ether oxygens (including phenoxy) is 1. The molecule has 3 aromatic rings. The van der Waals surface area contributed by atoms with Gasteiger partial charge in [0, 0.05) is 37.3 Å². The molecule has 1 aliphatic rings. The van der Waals surface area contributed by atoms with Crippen LogP contribution in [0.3, 0.4) is 0 Å². The molecular weight excluding hydrogens is 436 g/mol. The van der Waals surface area contributed by atoms with Crippen molar-refractivity contribution in [1.29, 1.82) is 0 Å². The zero-order valence-electron chi connectivity index (χ0n) is 20.6. The lowest BCUT2D eigenvalue weighted by molar-refractivity contribution is 0.0240. The number of hydrogen-bond acceptors (Lipinski definition) is 7. The lowest BCUT2D eigenvalue weighted by Gasteiger charge is -2.35. The Morgan fingerprint density at radius 3 is 2.24 bits per heavy atom. The van der Waals surface area contributed by atoms with Gasteiger partial charge in [0.15, 0.2) is 5.82 Å². The predicted molar refractivity (Wildman–Crippen MR) is 134 cm³/mol. The molecule has 4 rings (SSSR count). The zero-order chi connectivity index (χ0) is 24.0. The highest BCUT2D eigenvalue weighted by Gasteiger charge is 2.28. The first kappa shape index (κ1) is 23.4. The van der Waals surface area contributed by atoms with Gasteiger partial charge in [0.05, 0.1) is 0 Å². The summed E-state index contributed by atoms with van der Waals surface area (Å²) in [6.07, 6.45) is -0.254. The van der Waals surface area contributed by atoms with E-state index in [1.54, 1.807) is 16.2 Å². The second-order valence-corrected chi connectivity index (χ2v) is 11.5. The summed E-state index contributed by atoms with van der Waals surface area (Å²) in [6.45, 7) is 16.8. The summed E-state index contributed by atoms with van der Waals surface area (Å²) in [4.78, 5) is 22.1. The third-order valence-electron chi connectivity index (χ3n) is 5.21. The highest BCUT2D eigenvalue weighted by Crippen LogP contribution is 2.35. The number of rotatable bonds is 3. The van der Waals surface area contributed by atoms with Crippen LogP contribution in [-0.2, 0) is 4.74 Å². The molecule has 0 atom stereocenters. The third-order valence-corrected chi connectivity index (χ3v) is 6.18. The number of nitrogens with one attached hydrogen (secondary N) is 1. The lowest BCUT2D eigenvalue weighted by atomic mass is 10.1. The normalized spacial score (nSPS) is 15.2. The number of carbonyl (C=O) groups excluding carboxylic acids is 1. The molecule has 1 fully saturated rings. The SMILES string of the molecule is Cc1ccc(-c2nc3sc(N4CCN(C(=O)OC(C)(C)C)CC4)nn3c2NC(C)(C)C)cc1. The van der Waals surface area contributed by atoms with Crippen LogP contribution in [0, 0.1) is 6.92 Å². The van der Waals surface area contributed by atoms with Gasteiger partial charge >= 0.3 is 6.09 Å². The number of piperazine rings is 1. The quantitative estimate of drug-likeness (QED) is 0.578. The minimum Gasteiger partial charge on any atom is -0.444 e. The van der Waals surface area contributed by atoms with E-state index in [0.717, 1.165) is 27.2 Å². The van der Waals surface area contributed by atoms with Crippen molar-refractivity contribution in [2.45, 2.75) is 59.6 Å². The molecule has 1 aromatic carbocycles. The molecule has 0 unspecified atom stereocenters. The number of amides is 1. The van der Waals surface area contributed by atoms with Gasteiger partial charge in [-0.25, -0.2) is 9.78 Å². The maximum atomic E-state index is 12.4. The van der Waals surface area contributed by atoms with Gasteiger partial charge in [0.2, 0.25) is 10.1 Å². The smallest absolute Gasteiger partial charge is 0.410 e. The molecule has 1 saturated heterocycles. The molecule has 1 amide bonds. The fourth-order valence-electron chi connectivity index (χ4n) is 3.65. The number of imidazole rings is 1. The number of nitrogens with zero attached hydrogens (tertiary/aromatic N) is 5. The van der Waals surface area contributed by atoms with Gasteiger partial charge in [0.1, 0.15) is 11.3 Å². The Bertz CT molecular complexity index is 1130. The fraction of sp³-hybridized carbons (Fsp3) is 0.542. The van der Waals surface area contributed by atoms with Gasteiger partial charge in [-0.15, -0.1) is 5.10 Å². The summed E-state index contributed by atoms with van der Waals surface area (Å²) in [5.74, 6) is 0.899. The fourth-order valence-corrected chi connectivity index (χ4v) is 4.61. The molecule has 0 saturated carbocycles. The summed E-state index contributed by atoms with van der Waals surface area (Å²) >= 11 is 1.57. The monoisotopic (exact) mass is 470 g/mol. The summed E-state index contributed by atoms with van der Waals surface area (Å²) < 4.78 is 7.43. The van der Waals surface area contributed by atoms with Crippen LogP contribution in [-0.4, -0.2) is 62.9 Å². The van der Waals surface area contributed by atoms with Crippen molar-refractivity contribution < 1.29 is 9.53 Å². The van der Waals surface area contributed by atoms with Crippen molar-refractivity contribution in [2.24, 2.45) is 0 Å². The zero-order valence-corrected chi connectivity index (χ0v) is 21.4. The van der Waals surface area contributed by atoms with E-state index in [4.69, 9.17) is 14.8 Å². The van der Waals surface area contributed by atoms with Gasteiger partial charge < -0.3 is 19.9 Å². The molecule has 3 heterocycles. The minimum absolute atomic E-state index is 0.141. The van der Waals surface area contributed by atoms with Crippen molar-refractivity contribution in [1.82, 2.24) is 19.5 Å². The lowest BCUT2D eigenvalue weighted by Crippen LogP contribution is -2.50. The summed E-state index contributed by atoms with van der Waals surface area (Å²) in [5.41, 5.74) is 2.57. The van der Waals surface area contributed by atoms with Gasteiger partial charge in [-0.1, -0.05) is 41.2 Å². The number of carbonyl (C=O) groups is 1. The topological polar surface area (TPSA) is 75.0 Å². The molecular formula is C24H34N6O2S. The van der Waals surface area contributed by atoms with E-state index in [9.17, 15) is 4.79 Å². The van der Waals surface area contributed by atoms with Crippen molar-refractivity contribution in [2.75, 3.05) is 36.4 Å². The van der Waals surface area contributed by atoms with E-state index in [0.29, 0.717) is 26.2 Å². The third kappa shape index (κ3) is 5.40. The van der Waals surface area contributed by atoms with E-state index in [1.165, 1.54) is 5.56 Å². The van der Waals surface area contributed by atoms with Crippen LogP contribution in [0.5, 0.6) is 0 Å². The van der Waals surface area contributed by atoms with Crippen molar-refractivity contribution in [3.8, 4) is 11.3 Å². The second kappa shape index (κ2) is 8.52. The molecule has 8 nitrogen and oxygen atoms in total. The van der Waals surface area contributed by atoms with Gasteiger partial charge in [-0.05, 0) is 48.5 Å². The largest absolute Gasteiger partial charge is 0.444 e. The summed E-state index contributed by atoms with van der Waals surface area (Å²) in [6, 6.07) is 8.41. The Morgan fingerprint density at radius 1 is 1.03 bits per heavy atom. The first-order valence-electron chi connectivity index (χ1n) is 11.4. The Balaban J connectivity index is 1.57. The highest BCUT2D eigenvalue weighted by atomic mass is 32.1. The number of fused-ring (bicyclic) bond motifs is 1. The van der Waals surface area contributed by atoms with E-state index in [1.807, 2.05) is 25.3 Å². The molecule has 1 aliphatic heterocycles. The van der Waals surface area contributed by atoms with Crippen LogP contribution >= 0.6 is 11.3 Å². The maximum absolute atomic E-state index is 12.4. The standard InChI is InChI=1S/C24H34N6O2S/c1-16-8-10-17(11-9-16)18-19(26-23(2,3)4)30-20(25-18)33-21(27-30)28-12-14-29(15-13-28)22(31)32-24(5,6)7/h8-11,26H,12-15H2,1-7H3. The summed E-state index contributed by atoms with van der Waals surface area (Å²) in [7, 11) is 0. The number of aromatic nitrogens is 3. The Morgan fingerprint density at radius 2 is 1.67 bits per heavy atom. The van der Waals surface area contributed by atoms with E-state index in [-0.39, 0.29) is 11.6 Å². The van der Waals surface area contributed by atoms with Crippen LogP contribution in [0.1, 0.15) is 47.1 Å². The van der Waals surface area contributed by atoms with E-state index >= 15 is 0 Å². The van der Waals surface area contributed by atoms with Crippen LogP contribution < -0.4 is 10.2 Å². The van der Waals surface area contributed by atoms with Crippen molar-refractivity contribution in [3.05, 3.63) is 29.8 Å². The second-order valence-electron chi connectivity index (χ2n) is 10.6. The first-order chi connectivity index (χ1) is 15.4. The molecule has 1 N–H and O–H groups in total. The molecule has 9 heteroatoms. The molecule has 0 spiro atoms. The molecule has 0 bridgehead atoms. The van der Waals surface area contributed by atoms with Gasteiger partial charge in [-0.2, -0.15) is 4.52 Å². The van der Waals surface area contributed by atoms with Crippen molar-refractivity contribution in [3.63, 3.8) is 0 Å². The molecule has 33 heavy (non-hydrogen) atoms. The minimum atomic E-state index is -0.486. The first-order valence-corrected chi connectivity index (χ1v) is 12.2. The molecule has 178 valence electrons. The number of aryl methyl sites for hydroxylation is 1. The van der Waals surface area contributed by atoms with Gasteiger partial charge in [0.25, 0.3) is 0 Å². The van der Waals surface area contributed by atoms with Crippen molar-refractivity contribution >= 4 is 33.3 Å². The average molecular weight is 471 g/mol. The number of benzene rings is 1. The summed E-state index contributed by atoms with van der Waals surface area (Å²) in [5, 5.41) is 9.43. The molecule has 0 aliphatic carbocycles. The highest BCUT2D eigenvalue weighted by molar-refractivity contribution is 7.20. The molecule has 0 radical (unpaired) electrons. The van der Waals surface area contributed by atoms with E-state index in [2.05, 4.69) is 62.2 Å². The van der Waals surface area contributed by atoms with Crippen LogP contribution in [0.4, 0.5) is 15.7 Å². The number of hydrogen-bond donors (Lipinski definition) is 1. The maximum Gasteiger partial charge on any atom is 0.410 e. The van der Waals surface area contributed by atoms with Crippen LogP contribution in [0.15, 0.2) is 24.3 Å². The average Bonchev–Trinajstić information content (AvgIpc) is 3.26. The Kier molecular flexibility index (Phi) is 6.03. The van der Waals surface area contributed by atoms with Gasteiger partial charge in [-0.3, -0.25) is 0 Å².